The molecular weight excluding hydrogens is 338 g/mol. The van der Waals surface area contributed by atoms with Gasteiger partial charge in [0.15, 0.2) is 0 Å². The van der Waals surface area contributed by atoms with Crippen LogP contribution >= 0.6 is 0 Å². The summed E-state index contributed by atoms with van der Waals surface area (Å²) in [6.07, 6.45) is 3.22. The number of hydrazone groups is 1. The number of ether oxygens (including phenoxy) is 1. The Labute approximate surface area is 160 Å². The van der Waals surface area contributed by atoms with Crippen LogP contribution in [0.5, 0.6) is 5.75 Å². The second-order valence-corrected chi connectivity index (χ2v) is 7.13. The number of hydrogen-bond donors (Lipinski definition) is 3. The molecule has 0 bridgehead atoms. The standard InChI is InChI=1S/C21H27N5O/c1-2-4-17(5-3-1)16-18-6-8-20(9-7-18)27-15-14-26-12-10-19(11-13-26)21-22-24-25-23-21/h1-9,19,24-25H,10-16H2,(H,22,23). The van der Waals surface area contributed by atoms with Crippen LogP contribution in [0.2, 0.25) is 0 Å². The molecule has 4 rings (SSSR count). The molecule has 1 saturated heterocycles. The fourth-order valence-electron chi connectivity index (χ4n) is 3.66. The Balaban J connectivity index is 1.17. The Morgan fingerprint density at radius 2 is 1.70 bits per heavy atom. The van der Waals surface area contributed by atoms with Crippen LogP contribution in [-0.2, 0) is 6.42 Å². The van der Waals surface area contributed by atoms with E-state index in [-0.39, 0.29) is 0 Å². The van der Waals surface area contributed by atoms with Crippen molar-refractivity contribution in [2.75, 3.05) is 26.2 Å². The molecule has 0 radical (unpaired) electrons. The quantitative estimate of drug-likeness (QED) is 0.703. The van der Waals surface area contributed by atoms with E-state index in [1.807, 2.05) is 0 Å². The van der Waals surface area contributed by atoms with Crippen molar-refractivity contribution in [2.45, 2.75) is 19.3 Å². The Bertz CT molecular complexity index is 739. The molecule has 6 nitrogen and oxygen atoms in total. The van der Waals surface area contributed by atoms with Gasteiger partial charge in [0.1, 0.15) is 18.2 Å². The molecule has 2 aliphatic rings. The van der Waals surface area contributed by atoms with Gasteiger partial charge < -0.3 is 4.74 Å². The fourth-order valence-corrected chi connectivity index (χ4v) is 3.66. The highest BCUT2D eigenvalue weighted by Crippen LogP contribution is 2.19. The predicted octanol–water partition coefficient (Wildman–Crippen LogP) is 2.29. The zero-order valence-corrected chi connectivity index (χ0v) is 15.5. The number of benzene rings is 2. The first-order valence-corrected chi connectivity index (χ1v) is 9.68. The van der Waals surface area contributed by atoms with Gasteiger partial charge in [-0.3, -0.25) is 10.3 Å². The summed E-state index contributed by atoms with van der Waals surface area (Å²) in [4.78, 5) is 2.47. The molecule has 142 valence electrons. The lowest BCUT2D eigenvalue weighted by Crippen LogP contribution is -2.43. The number of nitrogens with one attached hydrogen (secondary N) is 3. The van der Waals surface area contributed by atoms with Gasteiger partial charge in [-0.15, -0.1) is 10.6 Å². The largest absolute Gasteiger partial charge is 0.492 e. The predicted molar refractivity (Wildman–Crippen MR) is 107 cm³/mol. The van der Waals surface area contributed by atoms with Crippen molar-refractivity contribution in [3.05, 3.63) is 65.7 Å². The number of rotatable bonds is 7. The number of likely N-dealkylation sites (tertiary alicyclic amines) is 1. The van der Waals surface area contributed by atoms with Crippen molar-refractivity contribution in [2.24, 2.45) is 11.0 Å². The summed E-state index contributed by atoms with van der Waals surface area (Å²) in [5.74, 6) is 2.49. The van der Waals surface area contributed by atoms with Crippen LogP contribution in [0.3, 0.4) is 0 Å². The van der Waals surface area contributed by atoms with Crippen molar-refractivity contribution < 1.29 is 4.74 Å². The van der Waals surface area contributed by atoms with Gasteiger partial charge in [-0.05, 0) is 55.6 Å². The smallest absolute Gasteiger partial charge is 0.142 e. The highest BCUT2D eigenvalue weighted by atomic mass is 16.5. The minimum Gasteiger partial charge on any atom is -0.492 e. The number of piperidine rings is 1. The van der Waals surface area contributed by atoms with E-state index in [4.69, 9.17) is 4.74 Å². The highest BCUT2D eigenvalue weighted by molar-refractivity contribution is 5.84. The molecule has 1 fully saturated rings. The van der Waals surface area contributed by atoms with Crippen LogP contribution in [0, 0.1) is 5.92 Å². The highest BCUT2D eigenvalue weighted by Gasteiger charge is 2.24. The van der Waals surface area contributed by atoms with E-state index in [1.54, 1.807) is 0 Å². The van der Waals surface area contributed by atoms with Crippen molar-refractivity contribution in [3.8, 4) is 5.75 Å². The molecule has 2 aromatic rings. The topological polar surface area (TPSA) is 60.9 Å². The van der Waals surface area contributed by atoms with E-state index >= 15 is 0 Å². The third-order valence-electron chi connectivity index (χ3n) is 5.25. The first-order valence-electron chi connectivity index (χ1n) is 9.68. The van der Waals surface area contributed by atoms with E-state index in [0.29, 0.717) is 5.92 Å². The third-order valence-corrected chi connectivity index (χ3v) is 5.25. The van der Waals surface area contributed by atoms with Gasteiger partial charge in [0.25, 0.3) is 0 Å². The van der Waals surface area contributed by atoms with Crippen LogP contribution in [0.4, 0.5) is 0 Å². The Hall–Kier alpha value is -2.57. The van der Waals surface area contributed by atoms with Crippen LogP contribution < -0.4 is 21.2 Å². The zero-order chi connectivity index (χ0) is 18.3. The van der Waals surface area contributed by atoms with Crippen molar-refractivity contribution in [3.63, 3.8) is 0 Å². The van der Waals surface area contributed by atoms with Crippen LogP contribution in [0.1, 0.15) is 24.0 Å². The Morgan fingerprint density at radius 1 is 0.963 bits per heavy atom. The van der Waals surface area contributed by atoms with Crippen molar-refractivity contribution >= 4 is 5.84 Å². The maximum Gasteiger partial charge on any atom is 0.142 e. The van der Waals surface area contributed by atoms with Crippen LogP contribution in [0.15, 0.2) is 59.7 Å². The molecule has 2 aliphatic heterocycles. The van der Waals surface area contributed by atoms with E-state index in [1.165, 1.54) is 11.1 Å². The molecule has 6 heteroatoms. The fraction of sp³-hybridized carbons (Fsp3) is 0.381. The molecule has 0 unspecified atom stereocenters. The second kappa shape index (κ2) is 8.88. The summed E-state index contributed by atoms with van der Waals surface area (Å²) in [6, 6.07) is 19.0. The van der Waals surface area contributed by atoms with Gasteiger partial charge in [0, 0.05) is 12.5 Å². The van der Waals surface area contributed by atoms with Gasteiger partial charge >= 0.3 is 0 Å². The third kappa shape index (κ3) is 4.99. The average Bonchev–Trinajstić information content (AvgIpc) is 3.26. The van der Waals surface area contributed by atoms with Gasteiger partial charge in [-0.2, -0.15) is 0 Å². The Morgan fingerprint density at radius 3 is 2.41 bits per heavy atom. The summed E-state index contributed by atoms with van der Waals surface area (Å²) in [5.41, 5.74) is 11.3. The number of hydrogen-bond acceptors (Lipinski definition) is 6. The van der Waals surface area contributed by atoms with Gasteiger partial charge in [-0.25, -0.2) is 5.53 Å². The van der Waals surface area contributed by atoms with Crippen LogP contribution in [-0.4, -0.2) is 37.0 Å². The van der Waals surface area contributed by atoms with E-state index in [0.717, 1.165) is 57.1 Å². The molecule has 2 aromatic carbocycles. The van der Waals surface area contributed by atoms with Crippen molar-refractivity contribution in [1.29, 1.82) is 0 Å². The van der Waals surface area contributed by atoms with Gasteiger partial charge in [0.2, 0.25) is 0 Å². The first-order chi connectivity index (χ1) is 13.4. The molecule has 0 amide bonds. The summed E-state index contributed by atoms with van der Waals surface area (Å²) in [7, 11) is 0. The summed E-state index contributed by atoms with van der Waals surface area (Å²) < 4.78 is 5.94. The Kier molecular flexibility index (Phi) is 5.86. The molecule has 2 heterocycles. The van der Waals surface area contributed by atoms with E-state index in [2.05, 4.69) is 81.1 Å². The molecule has 0 aromatic heterocycles. The molecule has 0 saturated carbocycles. The zero-order valence-electron chi connectivity index (χ0n) is 15.5. The summed E-state index contributed by atoms with van der Waals surface area (Å²) >= 11 is 0. The number of amidine groups is 1. The minimum atomic E-state index is 0.516. The SMILES string of the molecule is c1ccc(Cc2ccc(OCCN3CCC(C4=NNNN4)CC3)cc2)cc1. The minimum absolute atomic E-state index is 0.516. The maximum atomic E-state index is 5.94. The maximum absolute atomic E-state index is 5.94. The number of hydrazine groups is 2. The van der Waals surface area contributed by atoms with Crippen LogP contribution in [0.25, 0.3) is 0 Å². The monoisotopic (exact) mass is 365 g/mol. The van der Waals surface area contributed by atoms with Crippen molar-refractivity contribution in [1.82, 2.24) is 21.4 Å². The van der Waals surface area contributed by atoms with E-state index < -0.39 is 0 Å². The lowest BCUT2D eigenvalue weighted by atomic mass is 9.96. The lowest BCUT2D eigenvalue weighted by molar-refractivity contribution is 0.170. The molecular formula is C21H27N5O. The second-order valence-electron chi connectivity index (χ2n) is 7.13. The molecule has 0 spiro atoms. The molecule has 27 heavy (non-hydrogen) atoms. The molecule has 0 atom stereocenters. The molecule has 3 N–H and O–H groups in total. The average molecular weight is 365 g/mol. The normalized spacial score (nSPS) is 17.9. The lowest BCUT2D eigenvalue weighted by Gasteiger charge is -2.31. The number of nitrogens with zero attached hydrogens (tertiary/aromatic N) is 2. The molecule has 0 aliphatic carbocycles. The van der Waals surface area contributed by atoms with Gasteiger partial charge in [0.05, 0.1) is 0 Å². The summed E-state index contributed by atoms with van der Waals surface area (Å²) in [6.45, 7) is 3.87. The summed E-state index contributed by atoms with van der Waals surface area (Å²) in [5, 5.41) is 4.22. The van der Waals surface area contributed by atoms with E-state index in [9.17, 15) is 0 Å². The van der Waals surface area contributed by atoms with Gasteiger partial charge in [-0.1, -0.05) is 42.5 Å². The first kappa shape index (κ1) is 17.8.